The number of nitrogens with zero attached hydrogens (tertiary/aromatic N) is 1. The zero-order chi connectivity index (χ0) is 17.7. The average molecular weight is 348 g/mol. The van der Waals surface area contributed by atoms with E-state index in [9.17, 15) is 9.90 Å². The van der Waals surface area contributed by atoms with Gasteiger partial charge in [0.05, 0.1) is 17.8 Å². The summed E-state index contributed by atoms with van der Waals surface area (Å²) in [6, 6.07) is 6.58. The van der Waals surface area contributed by atoms with Crippen LogP contribution in [0.4, 0.5) is 0 Å². The largest absolute Gasteiger partial charge is 0.506 e. The van der Waals surface area contributed by atoms with Crippen molar-refractivity contribution >= 4 is 23.6 Å². The number of esters is 1. The lowest BCUT2D eigenvalue weighted by molar-refractivity contribution is -0.138. The molecule has 5 nitrogen and oxygen atoms in total. The Morgan fingerprint density at radius 1 is 1.38 bits per heavy atom. The Morgan fingerprint density at radius 3 is 2.71 bits per heavy atom. The number of carbonyl (C=O) groups is 1. The third-order valence-electron chi connectivity index (χ3n) is 3.16. The molecule has 0 aliphatic heterocycles. The molecule has 0 bridgehead atoms. The van der Waals surface area contributed by atoms with Crippen LogP contribution in [0.25, 0.3) is 6.08 Å². The van der Waals surface area contributed by atoms with E-state index in [0.29, 0.717) is 28.8 Å². The van der Waals surface area contributed by atoms with E-state index in [4.69, 9.17) is 21.1 Å². The summed E-state index contributed by atoms with van der Waals surface area (Å²) in [5, 5.41) is 9.64. The highest BCUT2D eigenvalue weighted by Gasteiger charge is 2.11. The Morgan fingerprint density at radius 2 is 2.12 bits per heavy atom. The number of rotatable bonds is 5. The second kappa shape index (κ2) is 7.84. The Kier molecular flexibility index (Phi) is 5.82. The molecule has 0 aliphatic rings. The Labute approximate surface area is 145 Å². The number of carbonyl (C=O) groups excluding carboxylic acids is 1. The molecule has 1 N–H and O–H groups in total. The van der Waals surface area contributed by atoms with Gasteiger partial charge >= 0.3 is 5.97 Å². The van der Waals surface area contributed by atoms with Crippen molar-refractivity contribution in [2.24, 2.45) is 0 Å². The summed E-state index contributed by atoms with van der Waals surface area (Å²) in [6.45, 7) is 5.62. The molecule has 0 fully saturated rings. The van der Waals surface area contributed by atoms with Crippen LogP contribution in [0.15, 0.2) is 36.0 Å². The van der Waals surface area contributed by atoms with Gasteiger partial charge in [-0.15, -0.1) is 0 Å². The average Bonchev–Trinajstić information content (AvgIpc) is 2.53. The molecule has 1 heterocycles. The van der Waals surface area contributed by atoms with E-state index >= 15 is 0 Å². The highest BCUT2D eigenvalue weighted by Crippen LogP contribution is 2.34. The molecule has 0 saturated carbocycles. The maximum absolute atomic E-state index is 11.7. The lowest BCUT2D eigenvalue weighted by Crippen LogP contribution is -2.04. The van der Waals surface area contributed by atoms with Crippen molar-refractivity contribution in [1.29, 1.82) is 0 Å². The molecule has 6 heteroatoms. The van der Waals surface area contributed by atoms with Crippen molar-refractivity contribution in [2.75, 3.05) is 6.61 Å². The fourth-order valence-corrected chi connectivity index (χ4v) is 2.37. The molecule has 24 heavy (non-hydrogen) atoms. The monoisotopic (exact) mass is 347 g/mol. The van der Waals surface area contributed by atoms with Crippen molar-refractivity contribution in [2.45, 2.75) is 20.8 Å². The molecule has 0 atom stereocenters. The molecule has 1 aromatic carbocycles. The van der Waals surface area contributed by atoms with Gasteiger partial charge in [-0.25, -0.2) is 9.78 Å². The van der Waals surface area contributed by atoms with Crippen LogP contribution < -0.4 is 4.74 Å². The number of aromatic hydroxyl groups is 1. The maximum Gasteiger partial charge on any atom is 0.333 e. The second-order valence-electron chi connectivity index (χ2n) is 5.15. The van der Waals surface area contributed by atoms with Crippen LogP contribution in [0.3, 0.4) is 0 Å². The predicted molar refractivity (Wildman–Crippen MR) is 92.4 cm³/mol. The van der Waals surface area contributed by atoms with Crippen LogP contribution in [0.2, 0.25) is 5.02 Å². The van der Waals surface area contributed by atoms with Gasteiger partial charge in [0, 0.05) is 11.6 Å². The minimum Gasteiger partial charge on any atom is -0.506 e. The SMILES string of the molecule is CCOC(=O)C(C)=Cc1cc(C)c(Oc2ccc(O)cn2)c(Cl)c1. The van der Waals surface area contributed by atoms with Crippen LogP contribution in [0, 0.1) is 6.92 Å². The van der Waals surface area contributed by atoms with Gasteiger partial charge in [-0.1, -0.05) is 11.6 Å². The van der Waals surface area contributed by atoms with E-state index in [2.05, 4.69) is 4.98 Å². The molecule has 0 amide bonds. The second-order valence-corrected chi connectivity index (χ2v) is 5.56. The smallest absolute Gasteiger partial charge is 0.333 e. The molecule has 0 spiro atoms. The predicted octanol–water partition coefficient (Wildman–Crippen LogP) is 4.51. The number of hydrogen-bond donors (Lipinski definition) is 1. The molecule has 0 saturated heterocycles. The summed E-state index contributed by atoms with van der Waals surface area (Å²) < 4.78 is 10.6. The zero-order valence-electron chi connectivity index (χ0n) is 13.7. The van der Waals surface area contributed by atoms with E-state index in [-0.39, 0.29) is 11.7 Å². The number of aromatic nitrogens is 1. The first-order valence-corrected chi connectivity index (χ1v) is 7.77. The number of hydrogen-bond acceptors (Lipinski definition) is 5. The fraction of sp³-hybridized carbons (Fsp3) is 0.222. The van der Waals surface area contributed by atoms with Crippen molar-refractivity contribution in [3.63, 3.8) is 0 Å². The molecular formula is C18H18ClNO4. The molecule has 0 radical (unpaired) electrons. The number of aryl methyl sites for hydroxylation is 1. The normalized spacial score (nSPS) is 11.2. The van der Waals surface area contributed by atoms with E-state index in [1.54, 1.807) is 32.1 Å². The number of pyridine rings is 1. The standard InChI is InChI=1S/C18H18ClNO4/c1-4-23-18(22)12(3)8-13-7-11(2)17(15(19)9-13)24-16-6-5-14(21)10-20-16/h5-10,21H,4H2,1-3H3. The highest BCUT2D eigenvalue weighted by molar-refractivity contribution is 6.32. The van der Waals surface area contributed by atoms with Crippen LogP contribution in [-0.2, 0) is 9.53 Å². The molecule has 126 valence electrons. The van der Waals surface area contributed by atoms with Gasteiger partial charge in [-0.3, -0.25) is 0 Å². The lowest BCUT2D eigenvalue weighted by Gasteiger charge is -2.11. The zero-order valence-corrected chi connectivity index (χ0v) is 14.4. The van der Waals surface area contributed by atoms with E-state index in [1.807, 2.05) is 13.0 Å². The Balaban J connectivity index is 2.26. The number of ether oxygens (including phenoxy) is 2. The van der Waals surface area contributed by atoms with Crippen molar-refractivity contribution in [3.8, 4) is 17.4 Å². The summed E-state index contributed by atoms with van der Waals surface area (Å²) in [6.07, 6.45) is 3.00. The van der Waals surface area contributed by atoms with Gasteiger partial charge in [-0.2, -0.15) is 0 Å². The van der Waals surface area contributed by atoms with Crippen LogP contribution in [0.5, 0.6) is 17.4 Å². The minimum atomic E-state index is -0.361. The first-order valence-electron chi connectivity index (χ1n) is 7.39. The summed E-state index contributed by atoms with van der Waals surface area (Å²) in [5.74, 6) is 0.490. The van der Waals surface area contributed by atoms with Gasteiger partial charge in [0.2, 0.25) is 5.88 Å². The van der Waals surface area contributed by atoms with Crippen molar-refractivity contribution in [3.05, 3.63) is 52.2 Å². The van der Waals surface area contributed by atoms with E-state index in [0.717, 1.165) is 11.1 Å². The third-order valence-corrected chi connectivity index (χ3v) is 3.44. The van der Waals surface area contributed by atoms with Gasteiger partial charge in [-0.05, 0) is 56.2 Å². The first-order chi connectivity index (χ1) is 11.4. The molecule has 0 unspecified atom stereocenters. The summed E-state index contributed by atoms with van der Waals surface area (Å²) in [7, 11) is 0. The quantitative estimate of drug-likeness (QED) is 0.636. The van der Waals surface area contributed by atoms with E-state index in [1.165, 1.54) is 12.3 Å². The van der Waals surface area contributed by atoms with Crippen molar-refractivity contribution < 1.29 is 19.4 Å². The summed E-state index contributed by atoms with van der Waals surface area (Å²) in [5.41, 5.74) is 2.05. The highest BCUT2D eigenvalue weighted by atomic mass is 35.5. The van der Waals surface area contributed by atoms with Gasteiger partial charge in [0.25, 0.3) is 0 Å². The third kappa shape index (κ3) is 4.49. The molecule has 2 aromatic rings. The van der Waals surface area contributed by atoms with Crippen LogP contribution >= 0.6 is 11.6 Å². The molecular weight excluding hydrogens is 330 g/mol. The van der Waals surface area contributed by atoms with Gasteiger partial charge in [0.1, 0.15) is 5.75 Å². The fourth-order valence-electron chi connectivity index (χ4n) is 2.06. The van der Waals surface area contributed by atoms with Crippen molar-refractivity contribution in [1.82, 2.24) is 4.98 Å². The number of benzene rings is 1. The minimum absolute atomic E-state index is 0.0556. The van der Waals surface area contributed by atoms with Crippen LogP contribution in [0.1, 0.15) is 25.0 Å². The number of halogens is 1. The summed E-state index contributed by atoms with van der Waals surface area (Å²) in [4.78, 5) is 15.6. The molecule has 1 aromatic heterocycles. The van der Waals surface area contributed by atoms with Crippen LogP contribution in [-0.4, -0.2) is 22.7 Å². The maximum atomic E-state index is 11.7. The first kappa shape index (κ1) is 17.8. The van der Waals surface area contributed by atoms with Gasteiger partial charge < -0.3 is 14.6 Å². The molecule has 0 aliphatic carbocycles. The topological polar surface area (TPSA) is 68.7 Å². The molecule has 2 rings (SSSR count). The lowest BCUT2D eigenvalue weighted by atomic mass is 10.1. The Bertz CT molecular complexity index is 746. The van der Waals surface area contributed by atoms with Gasteiger partial charge in [0.15, 0.2) is 5.75 Å². The Hall–Kier alpha value is -2.53. The van der Waals surface area contributed by atoms with E-state index < -0.39 is 0 Å². The summed E-state index contributed by atoms with van der Waals surface area (Å²) >= 11 is 6.29.